The van der Waals surface area contributed by atoms with Crippen molar-refractivity contribution in [3.8, 4) is 5.75 Å². The third-order valence-corrected chi connectivity index (χ3v) is 3.02. The van der Waals surface area contributed by atoms with E-state index in [2.05, 4.69) is 20.4 Å². The maximum atomic E-state index is 12.2. The van der Waals surface area contributed by atoms with Crippen molar-refractivity contribution in [1.29, 1.82) is 0 Å². The molecule has 0 aliphatic rings. The summed E-state index contributed by atoms with van der Waals surface area (Å²) >= 11 is 0. The van der Waals surface area contributed by atoms with Gasteiger partial charge in [-0.3, -0.25) is 9.59 Å². The largest absolute Gasteiger partial charge is 0.484 e. The Balaban J connectivity index is 1.84. The summed E-state index contributed by atoms with van der Waals surface area (Å²) in [7, 11) is 0. The highest BCUT2D eigenvalue weighted by molar-refractivity contribution is 5.78. The number of carboxylic acid groups (broad SMARTS) is 1. The molecule has 1 aromatic carbocycles. The fourth-order valence-corrected chi connectivity index (χ4v) is 1.98. The number of aliphatic carboxylic acids is 1. The Hall–Kier alpha value is -3.11. The first kappa shape index (κ1) is 19.2. The average Bonchev–Trinajstić information content (AvgIpc) is 2.97. The number of halogens is 3. The number of nitrogens with zero attached hydrogens (tertiary/aromatic N) is 3. The number of hydrogen-bond donors (Lipinski definition) is 2. The highest BCUT2D eigenvalue weighted by Crippen LogP contribution is 2.19. The summed E-state index contributed by atoms with van der Waals surface area (Å²) in [4.78, 5) is 22.5. The van der Waals surface area contributed by atoms with Gasteiger partial charge in [0, 0.05) is 0 Å². The third-order valence-electron chi connectivity index (χ3n) is 3.02. The predicted molar refractivity (Wildman–Crippen MR) is 81.2 cm³/mol. The van der Waals surface area contributed by atoms with E-state index < -0.39 is 18.8 Å². The van der Waals surface area contributed by atoms with Crippen LogP contribution in [-0.4, -0.2) is 44.8 Å². The topological polar surface area (TPSA) is 106 Å². The molecule has 2 N–H and O–H groups in total. The van der Waals surface area contributed by atoms with Crippen molar-refractivity contribution in [2.75, 3.05) is 6.61 Å². The molecule has 0 fully saturated rings. The Labute approximate surface area is 145 Å². The summed E-state index contributed by atoms with van der Waals surface area (Å²) in [6.45, 7) is -1.71. The first-order valence-corrected chi connectivity index (χ1v) is 7.37. The maximum Gasteiger partial charge on any atom is 0.422 e. The highest BCUT2D eigenvalue weighted by atomic mass is 19.4. The van der Waals surface area contributed by atoms with Gasteiger partial charge < -0.3 is 15.2 Å². The minimum atomic E-state index is -4.44. The monoisotopic (exact) mass is 372 g/mol. The summed E-state index contributed by atoms with van der Waals surface area (Å²) in [5.74, 6) is -1.44. The molecule has 8 nitrogen and oxygen atoms in total. The van der Waals surface area contributed by atoms with Gasteiger partial charge in [-0.1, -0.05) is 17.3 Å². The fraction of sp³-hybridized carbons (Fsp3) is 0.333. The molecule has 0 bridgehead atoms. The van der Waals surface area contributed by atoms with Crippen LogP contribution >= 0.6 is 0 Å². The summed E-state index contributed by atoms with van der Waals surface area (Å²) < 4.78 is 42.2. The van der Waals surface area contributed by atoms with Crippen LogP contribution in [0.15, 0.2) is 30.5 Å². The Morgan fingerprint density at radius 1 is 1.31 bits per heavy atom. The van der Waals surface area contributed by atoms with Crippen LogP contribution in [0.4, 0.5) is 13.2 Å². The summed E-state index contributed by atoms with van der Waals surface area (Å²) in [6.07, 6.45) is -3.11. The summed E-state index contributed by atoms with van der Waals surface area (Å²) in [5, 5.41) is 18.5. The normalized spacial score (nSPS) is 11.2. The zero-order valence-corrected chi connectivity index (χ0v) is 13.4. The lowest BCUT2D eigenvalue weighted by molar-refractivity contribution is -0.153. The van der Waals surface area contributed by atoms with E-state index in [0.29, 0.717) is 11.3 Å². The molecule has 0 aliphatic heterocycles. The molecule has 0 unspecified atom stereocenters. The second-order valence-corrected chi connectivity index (χ2v) is 5.31. The van der Waals surface area contributed by atoms with E-state index in [4.69, 9.17) is 5.11 Å². The first-order valence-electron chi connectivity index (χ1n) is 7.37. The molecule has 2 rings (SSSR count). The fourth-order valence-electron chi connectivity index (χ4n) is 1.98. The number of amides is 1. The smallest absolute Gasteiger partial charge is 0.422 e. The minimum Gasteiger partial charge on any atom is -0.484 e. The number of rotatable bonds is 8. The Kier molecular flexibility index (Phi) is 6.15. The molecule has 0 spiro atoms. The lowest BCUT2D eigenvalue weighted by Crippen LogP contribution is -2.24. The van der Waals surface area contributed by atoms with Crippen LogP contribution in [-0.2, 0) is 29.1 Å². The van der Waals surface area contributed by atoms with Crippen LogP contribution in [0.25, 0.3) is 0 Å². The van der Waals surface area contributed by atoms with Gasteiger partial charge in [0.15, 0.2) is 6.61 Å². The Morgan fingerprint density at radius 2 is 2.08 bits per heavy atom. The van der Waals surface area contributed by atoms with Crippen molar-refractivity contribution < 1.29 is 32.6 Å². The van der Waals surface area contributed by atoms with Gasteiger partial charge in [0.1, 0.15) is 18.0 Å². The maximum absolute atomic E-state index is 12.2. The number of carbonyl (C=O) groups is 2. The van der Waals surface area contributed by atoms with Crippen LogP contribution in [0, 0.1) is 0 Å². The molecular formula is C15H15F3N4O4. The van der Waals surface area contributed by atoms with Gasteiger partial charge in [-0.05, 0) is 17.7 Å². The number of hydrogen-bond acceptors (Lipinski definition) is 5. The van der Waals surface area contributed by atoms with E-state index in [-0.39, 0.29) is 31.2 Å². The molecule has 1 heterocycles. The number of alkyl halides is 3. The van der Waals surface area contributed by atoms with E-state index in [9.17, 15) is 22.8 Å². The molecule has 0 atom stereocenters. The van der Waals surface area contributed by atoms with Gasteiger partial charge in [-0.15, -0.1) is 5.10 Å². The van der Waals surface area contributed by atoms with Gasteiger partial charge in [0.2, 0.25) is 5.91 Å². The van der Waals surface area contributed by atoms with Crippen molar-refractivity contribution in [3.05, 3.63) is 41.7 Å². The Morgan fingerprint density at radius 3 is 2.77 bits per heavy atom. The van der Waals surface area contributed by atoms with Crippen LogP contribution in [0.1, 0.15) is 11.3 Å². The molecule has 0 aliphatic carbocycles. The zero-order valence-electron chi connectivity index (χ0n) is 13.4. The molecule has 11 heteroatoms. The van der Waals surface area contributed by atoms with Gasteiger partial charge in [0.05, 0.1) is 19.2 Å². The van der Waals surface area contributed by atoms with E-state index >= 15 is 0 Å². The van der Waals surface area contributed by atoms with Gasteiger partial charge in [0.25, 0.3) is 0 Å². The van der Waals surface area contributed by atoms with Crippen molar-refractivity contribution in [1.82, 2.24) is 20.3 Å². The minimum absolute atomic E-state index is 0.0178. The number of carbonyl (C=O) groups excluding carboxylic acids is 1. The molecule has 2 aromatic rings. The third kappa shape index (κ3) is 6.79. The van der Waals surface area contributed by atoms with E-state index in [1.54, 1.807) is 6.07 Å². The quantitative estimate of drug-likeness (QED) is 0.720. The van der Waals surface area contributed by atoms with Gasteiger partial charge in [-0.25, -0.2) is 4.68 Å². The molecule has 140 valence electrons. The molecular weight excluding hydrogens is 357 g/mol. The second-order valence-electron chi connectivity index (χ2n) is 5.31. The molecule has 1 amide bonds. The molecule has 26 heavy (non-hydrogen) atoms. The van der Waals surface area contributed by atoms with Crippen molar-refractivity contribution >= 4 is 11.9 Å². The average molecular weight is 372 g/mol. The van der Waals surface area contributed by atoms with Crippen molar-refractivity contribution in [2.24, 2.45) is 0 Å². The predicted octanol–water partition coefficient (Wildman–Crippen LogP) is 1.16. The molecule has 0 saturated heterocycles. The van der Waals surface area contributed by atoms with E-state index in [1.165, 1.54) is 24.4 Å². The standard InChI is InChI=1S/C15H15F3N4O4/c16-15(17,18)9-26-12-3-1-2-10(4-12)5-13(23)19-6-11-7-22(21-20-11)8-14(24)25/h1-4,7H,5-6,8-9H2,(H,19,23)(H,24,25). The summed E-state index contributed by atoms with van der Waals surface area (Å²) in [6, 6.07) is 5.80. The molecule has 0 radical (unpaired) electrons. The number of nitrogens with one attached hydrogen (secondary N) is 1. The first-order chi connectivity index (χ1) is 12.2. The second kappa shape index (κ2) is 8.32. The SMILES string of the molecule is O=C(O)Cn1cc(CNC(=O)Cc2cccc(OCC(F)(F)F)c2)nn1. The van der Waals surface area contributed by atoms with Crippen LogP contribution in [0.2, 0.25) is 0 Å². The molecule has 1 aromatic heterocycles. The van der Waals surface area contributed by atoms with Crippen molar-refractivity contribution in [3.63, 3.8) is 0 Å². The van der Waals surface area contributed by atoms with Crippen LogP contribution < -0.4 is 10.1 Å². The number of aromatic nitrogens is 3. The van der Waals surface area contributed by atoms with Gasteiger partial charge in [-0.2, -0.15) is 13.2 Å². The number of carboxylic acids is 1. The highest BCUT2D eigenvalue weighted by Gasteiger charge is 2.28. The van der Waals surface area contributed by atoms with E-state index in [1.807, 2.05) is 0 Å². The number of benzene rings is 1. The van der Waals surface area contributed by atoms with Crippen LogP contribution in [0.5, 0.6) is 5.75 Å². The lowest BCUT2D eigenvalue weighted by Gasteiger charge is -2.10. The zero-order chi connectivity index (χ0) is 19.2. The lowest BCUT2D eigenvalue weighted by atomic mass is 10.1. The van der Waals surface area contributed by atoms with Gasteiger partial charge >= 0.3 is 12.1 Å². The Bertz CT molecular complexity index is 776. The summed E-state index contributed by atoms with van der Waals surface area (Å²) in [5.41, 5.74) is 0.860. The van der Waals surface area contributed by atoms with Crippen LogP contribution in [0.3, 0.4) is 0 Å². The van der Waals surface area contributed by atoms with E-state index in [0.717, 1.165) is 4.68 Å². The molecule has 0 saturated carbocycles. The van der Waals surface area contributed by atoms with Crippen molar-refractivity contribution in [2.45, 2.75) is 25.7 Å². The number of ether oxygens (including phenoxy) is 1.